The number of nitrogens with two attached hydrogens (primary N) is 1. The SMILES string of the molecule is CCc1nnc(NS(=O)(=O)c2cc(CN)ccc2OC)s1. The topological polar surface area (TPSA) is 107 Å². The van der Waals surface area contributed by atoms with Crippen LogP contribution in [0.1, 0.15) is 17.5 Å². The number of anilines is 1. The van der Waals surface area contributed by atoms with E-state index in [2.05, 4.69) is 14.9 Å². The fourth-order valence-corrected chi connectivity index (χ4v) is 3.80. The third-order valence-electron chi connectivity index (χ3n) is 2.74. The molecule has 0 fully saturated rings. The molecule has 0 saturated carbocycles. The zero-order chi connectivity index (χ0) is 15.5. The van der Waals surface area contributed by atoms with Crippen LogP contribution in [0.4, 0.5) is 5.13 Å². The Morgan fingerprint density at radius 3 is 2.71 bits per heavy atom. The van der Waals surface area contributed by atoms with Gasteiger partial charge in [0.2, 0.25) is 5.13 Å². The van der Waals surface area contributed by atoms with Gasteiger partial charge in [0.05, 0.1) is 7.11 Å². The molecular weight excluding hydrogens is 312 g/mol. The molecule has 1 aromatic carbocycles. The lowest BCUT2D eigenvalue weighted by Gasteiger charge is -2.11. The number of methoxy groups -OCH3 is 1. The van der Waals surface area contributed by atoms with Gasteiger partial charge in [0.1, 0.15) is 15.7 Å². The molecule has 3 N–H and O–H groups in total. The number of benzene rings is 1. The average Bonchev–Trinajstić information content (AvgIpc) is 2.93. The molecule has 0 aliphatic carbocycles. The standard InChI is InChI=1S/C12H16N4O3S2/c1-3-11-14-15-12(20-11)16-21(17,18)10-6-8(7-13)4-5-9(10)19-2/h4-6H,3,7,13H2,1-2H3,(H,15,16). The van der Waals surface area contributed by atoms with E-state index in [0.29, 0.717) is 12.0 Å². The second-order valence-corrected chi connectivity index (χ2v) is 6.86. The maximum absolute atomic E-state index is 12.5. The van der Waals surface area contributed by atoms with Crippen molar-refractivity contribution in [3.05, 3.63) is 28.8 Å². The molecule has 2 rings (SSSR count). The van der Waals surface area contributed by atoms with Crippen molar-refractivity contribution in [1.29, 1.82) is 0 Å². The van der Waals surface area contributed by atoms with Gasteiger partial charge >= 0.3 is 0 Å². The lowest BCUT2D eigenvalue weighted by atomic mass is 10.2. The van der Waals surface area contributed by atoms with E-state index in [1.807, 2.05) is 6.92 Å². The summed E-state index contributed by atoms with van der Waals surface area (Å²) in [6.07, 6.45) is 0.700. The minimum Gasteiger partial charge on any atom is -0.495 e. The second-order valence-electron chi connectivity index (χ2n) is 4.15. The van der Waals surface area contributed by atoms with Crippen LogP contribution in [0, 0.1) is 0 Å². The van der Waals surface area contributed by atoms with E-state index in [0.717, 1.165) is 5.01 Å². The van der Waals surface area contributed by atoms with Gasteiger partial charge in [-0.05, 0) is 24.1 Å². The largest absolute Gasteiger partial charge is 0.495 e. The summed E-state index contributed by atoms with van der Waals surface area (Å²) >= 11 is 1.20. The van der Waals surface area contributed by atoms with Gasteiger partial charge in [-0.3, -0.25) is 4.72 Å². The van der Waals surface area contributed by atoms with Crippen molar-refractivity contribution in [2.24, 2.45) is 5.73 Å². The predicted octanol–water partition coefficient (Wildman–Crippen LogP) is 1.37. The second kappa shape index (κ2) is 6.37. The van der Waals surface area contributed by atoms with Gasteiger partial charge in [0.15, 0.2) is 0 Å². The fraction of sp³-hybridized carbons (Fsp3) is 0.333. The van der Waals surface area contributed by atoms with Crippen molar-refractivity contribution in [3.63, 3.8) is 0 Å². The monoisotopic (exact) mass is 328 g/mol. The summed E-state index contributed by atoms with van der Waals surface area (Å²) in [6, 6.07) is 4.79. The summed E-state index contributed by atoms with van der Waals surface area (Å²) in [5, 5.41) is 8.68. The molecule has 0 atom stereocenters. The Labute approximate surface area is 127 Å². The smallest absolute Gasteiger partial charge is 0.267 e. The van der Waals surface area contributed by atoms with Gasteiger partial charge in [0.25, 0.3) is 10.0 Å². The number of hydrogen-bond acceptors (Lipinski definition) is 7. The van der Waals surface area contributed by atoms with Crippen LogP contribution in [-0.2, 0) is 23.0 Å². The number of aromatic nitrogens is 2. The Kier molecular flexibility index (Phi) is 4.76. The quantitative estimate of drug-likeness (QED) is 0.829. The molecule has 2 aromatic rings. The summed E-state index contributed by atoms with van der Waals surface area (Å²) in [5.74, 6) is 0.250. The van der Waals surface area contributed by atoms with Gasteiger partial charge < -0.3 is 10.5 Å². The number of aryl methyl sites for hydroxylation is 1. The predicted molar refractivity (Wildman–Crippen MR) is 81.0 cm³/mol. The van der Waals surface area contributed by atoms with Crippen molar-refractivity contribution >= 4 is 26.5 Å². The Balaban J connectivity index is 2.38. The molecule has 0 aliphatic heterocycles. The van der Waals surface area contributed by atoms with E-state index in [4.69, 9.17) is 10.5 Å². The average molecular weight is 328 g/mol. The van der Waals surface area contributed by atoms with Crippen LogP contribution in [0.3, 0.4) is 0 Å². The van der Waals surface area contributed by atoms with Crippen molar-refractivity contribution < 1.29 is 13.2 Å². The normalized spacial score (nSPS) is 11.4. The third-order valence-corrected chi connectivity index (χ3v) is 5.22. The number of nitrogens with one attached hydrogen (secondary N) is 1. The number of hydrogen-bond donors (Lipinski definition) is 2. The van der Waals surface area contributed by atoms with Crippen molar-refractivity contribution in [3.8, 4) is 5.75 Å². The van der Waals surface area contributed by atoms with Crippen LogP contribution < -0.4 is 15.2 Å². The third kappa shape index (κ3) is 3.49. The first-order chi connectivity index (χ1) is 10.00. The van der Waals surface area contributed by atoms with Gasteiger partial charge in [-0.15, -0.1) is 10.2 Å². The van der Waals surface area contributed by atoms with Crippen molar-refractivity contribution in [2.75, 3.05) is 11.8 Å². The lowest BCUT2D eigenvalue weighted by Crippen LogP contribution is -2.14. The van der Waals surface area contributed by atoms with Gasteiger partial charge in [-0.1, -0.05) is 24.3 Å². The molecule has 7 nitrogen and oxygen atoms in total. The Morgan fingerprint density at radius 1 is 1.38 bits per heavy atom. The van der Waals surface area contributed by atoms with E-state index >= 15 is 0 Å². The molecule has 0 unspecified atom stereocenters. The first-order valence-corrected chi connectivity index (χ1v) is 8.52. The molecule has 1 aromatic heterocycles. The molecule has 9 heteroatoms. The van der Waals surface area contributed by atoms with Crippen molar-refractivity contribution in [1.82, 2.24) is 10.2 Å². The molecular formula is C12H16N4O3S2. The molecule has 114 valence electrons. The van der Waals surface area contributed by atoms with E-state index in [1.165, 1.54) is 24.5 Å². The minimum absolute atomic E-state index is 0.0289. The molecule has 0 amide bonds. The first-order valence-electron chi connectivity index (χ1n) is 6.22. The Bertz CT molecular complexity index is 728. The summed E-state index contributed by atoms with van der Waals surface area (Å²) in [6.45, 7) is 2.16. The van der Waals surface area contributed by atoms with E-state index < -0.39 is 10.0 Å². The van der Waals surface area contributed by atoms with Crippen LogP contribution in [0.15, 0.2) is 23.1 Å². The first kappa shape index (κ1) is 15.7. The zero-order valence-corrected chi connectivity index (χ0v) is 13.3. The highest BCUT2D eigenvalue weighted by atomic mass is 32.2. The van der Waals surface area contributed by atoms with Crippen LogP contribution >= 0.6 is 11.3 Å². The molecule has 0 radical (unpaired) electrons. The highest BCUT2D eigenvalue weighted by Gasteiger charge is 2.21. The molecule has 1 heterocycles. The van der Waals surface area contributed by atoms with Crippen LogP contribution in [0.25, 0.3) is 0 Å². The summed E-state index contributed by atoms with van der Waals surface area (Å²) in [4.78, 5) is 0.0289. The van der Waals surface area contributed by atoms with Crippen LogP contribution in [0.5, 0.6) is 5.75 Å². The zero-order valence-electron chi connectivity index (χ0n) is 11.7. The Hall–Kier alpha value is -1.71. The summed E-state index contributed by atoms with van der Waals surface area (Å²) in [7, 11) is -2.39. The summed E-state index contributed by atoms with van der Waals surface area (Å²) in [5.41, 5.74) is 6.25. The van der Waals surface area contributed by atoms with Gasteiger partial charge in [-0.25, -0.2) is 8.42 Å². The summed E-state index contributed by atoms with van der Waals surface area (Å²) < 4.78 is 32.4. The molecule has 0 spiro atoms. The maximum Gasteiger partial charge on any atom is 0.267 e. The van der Waals surface area contributed by atoms with Crippen LogP contribution in [-0.4, -0.2) is 25.7 Å². The molecule has 0 aliphatic rings. The number of rotatable bonds is 6. The van der Waals surface area contributed by atoms with Gasteiger partial charge in [0, 0.05) is 6.54 Å². The van der Waals surface area contributed by atoms with E-state index in [1.54, 1.807) is 12.1 Å². The molecule has 0 bridgehead atoms. The fourth-order valence-electron chi connectivity index (χ4n) is 1.67. The maximum atomic E-state index is 12.5. The van der Waals surface area contributed by atoms with Crippen molar-refractivity contribution in [2.45, 2.75) is 24.8 Å². The minimum atomic E-state index is -3.81. The number of sulfonamides is 1. The molecule has 21 heavy (non-hydrogen) atoms. The highest BCUT2D eigenvalue weighted by molar-refractivity contribution is 7.93. The van der Waals surface area contributed by atoms with Gasteiger partial charge in [-0.2, -0.15) is 0 Å². The molecule has 0 saturated heterocycles. The highest BCUT2D eigenvalue weighted by Crippen LogP contribution is 2.27. The van der Waals surface area contributed by atoms with E-state index in [9.17, 15) is 8.42 Å². The lowest BCUT2D eigenvalue weighted by molar-refractivity contribution is 0.402. The Morgan fingerprint density at radius 2 is 2.14 bits per heavy atom. The van der Waals surface area contributed by atoms with Crippen LogP contribution in [0.2, 0.25) is 0 Å². The number of nitrogens with zero attached hydrogens (tertiary/aromatic N) is 2. The van der Waals surface area contributed by atoms with E-state index in [-0.39, 0.29) is 22.3 Å². The number of ether oxygens (including phenoxy) is 1.